The van der Waals surface area contributed by atoms with E-state index in [-0.39, 0.29) is 12.2 Å². The van der Waals surface area contributed by atoms with Gasteiger partial charge < -0.3 is 5.11 Å². The Morgan fingerprint density at radius 2 is 1.88 bits per heavy atom. The summed E-state index contributed by atoms with van der Waals surface area (Å²) in [5.74, 6) is -0.0923. The maximum absolute atomic E-state index is 12.1. The lowest BCUT2D eigenvalue weighted by molar-refractivity contribution is -0.139. The first-order chi connectivity index (χ1) is 8.12. The maximum Gasteiger partial charge on any atom is 0.168 e. The summed E-state index contributed by atoms with van der Waals surface area (Å²) in [7, 11) is 0. The molecule has 1 fully saturated rings. The smallest absolute Gasteiger partial charge is 0.168 e. The molecule has 0 radical (unpaired) electrons. The maximum atomic E-state index is 12.1. The molecule has 0 amide bonds. The minimum Gasteiger partial charge on any atom is -0.382 e. The van der Waals surface area contributed by atoms with Gasteiger partial charge in [0.05, 0.1) is 0 Å². The molecule has 2 rings (SSSR count). The molecule has 3 heteroatoms. The zero-order chi connectivity index (χ0) is 12.3. The Hall–Kier alpha value is -0.860. The van der Waals surface area contributed by atoms with Crippen molar-refractivity contribution in [3.05, 3.63) is 34.9 Å². The summed E-state index contributed by atoms with van der Waals surface area (Å²) in [5, 5.41) is 10.9. The molecule has 1 aromatic rings. The Kier molecular flexibility index (Phi) is 3.85. The highest BCUT2D eigenvalue weighted by atomic mass is 35.5. The Morgan fingerprint density at radius 1 is 1.24 bits per heavy atom. The van der Waals surface area contributed by atoms with Crippen molar-refractivity contribution in [2.24, 2.45) is 0 Å². The van der Waals surface area contributed by atoms with Crippen LogP contribution in [0, 0.1) is 0 Å². The number of hydrogen-bond donors (Lipinski definition) is 1. The van der Waals surface area contributed by atoms with Gasteiger partial charge in [-0.15, -0.1) is 0 Å². The Balaban J connectivity index is 2.08. The molecule has 0 atom stereocenters. The number of halogens is 1. The molecule has 0 saturated heterocycles. The van der Waals surface area contributed by atoms with Crippen molar-refractivity contribution in [1.29, 1.82) is 0 Å². The molecule has 0 aromatic heterocycles. The number of rotatable bonds is 3. The van der Waals surface area contributed by atoms with Crippen LogP contribution in [-0.4, -0.2) is 16.5 Å². The van der Waals surface area contributed by atoms with E-state index in [1.54, 1.807) is 6.07 Å². The van der Waals surface area contributed by atoms with Crippen molar-refractivity contribution in [2.75, 3.05) is 0 Å². The summed E-state index contributed by atoms with van der Waals surface area (Å²) < 4.78 is 0. The van der Waals surface area contributed by atoms with Crippen molar-refractivity contribution in [3.8, 4) is 0 Å². The first-order valence-corrected chi connectivity index (χ1v) is 6.49. The molecule has 0 bridgehead atoms. The predicted octanol–water partition coefficient (Wildman–Crippen LogP) is 3.15. The van der Waals surface area contributed by atoms with Crippen molar-refractivity contribution < 1.29 is 9.90 Å². The highest BCUT2D eigenvalue weighted by molar-refractivity contribution is 6.31. The normalized spacial score (nSPS) is 18.9. The van der Waals surface area contributed by atoms with Gasteiger partial charge in [0.25, 0.3) is 0 Å². The van der Waals surface area contributed by atoms with Crippen LogP contribution in [-0.2, 0) is 11.2 Å². The zero-order valence-corrected chi connectivity index (χ0v) is 10.5. The van der Waals surface area contributed by atoms with Crippen LogP contribution in [0.25, 0.3) is 0 Å². The Morgan fingerprint density at radius 3 is 2.53 bits per heavy atom. The molecular weight excluding hydrogens is 236 g/mol. The van der Waals surface area contributed by atoms with Crippen LogP contribution in [0.5, 0.6) is 0 Å². The van der Waals surface area contributed by atoms with Gasteiger partial charge in [-0.2, -0.15) is 0 Å². The number of carbonyl (C=O) groups excluding carboxylic acids is 1. The van der Waals surface area contributed by atoms with Crippen molar-refractivity contribution in [1.82, 2.24) is 0 Å². The number of ketones is 1. The number of Topliss-reactive ketones (excluding diaryl/α,β-unsaturated/α-hetero) is 1. The standard InChI is InChI=1S/C14H17ClO2/c15-12-7-3-2-6-11(12)10-13(16)14(17)8-4-1-5-9-14/h2-3,6-7,17H,1,4-5,8-10H2. The molecule has 0 aliphatic heterocycles. The average Bonchev–Trinajstić information content (AvgIpc) is 2.33. The van der Waals surface area contributed by atoms with Gasteiger partial charge >= 0.3 is 0 Å². The van der Waals surface area contributed by atoms with Crippen LogP contribution in [0.15, 0.2) is 24.3 Å². The van der Waals surface area contributed by atoms with Crippen molar-refractivity contribution in [2.45, 2.75) is 44.1 Å². The highest BCUT2D eigenvalue weighted by Gasteiger charge is 2.36. The molecule has 1 N–H and O–H groups in total. The number of carbonyl (C=O) groups is 1. The van der Waals surface area contributed by atoms with E-state index < -0.39 is 5.60 Å². The first kappa shape index (κ1) is 12.6. The Labute approximate surface area is 107 Å². The fourth-order valence-electron chi connectivity index (χ4n) is 2.39. The summed E-state index contributed by atoms with van der Waals surface area (Å²) >= 11 is 6.02. The minimum absolute atomic E-state index is 0.0923. The number of aliphatic hydroxyl groups is 1. The molecule has 17 heavy (non-hydrogen) atoms. The lowest BCUT2D eigenvalue weighted by Crippen LogP contribution is -2.41. The largest absolute Gasteiger partial charge is 0.382 e. The van der Waals surface area contributed by atoms with Gasteiger partial charge in [-0.25, -0.2) is 0 Å². The minimum atomic E-state index is -1.11. The van der Waals surface area contributed by atoms with Gasteiger partial charge in [0.1, 0.15) is 5.60 Å². The van der Waals surface area contributed by atoms with Gasteiger partial charge in [-0.3, -0.25) is 4.79 Å². The van der Waals surface area contributed by atoms with Crippen LogP contribution in [0.2, 0.25) is 5.02 Å². The van der Waals surface area contributed by atoms with Crippen LogP contribution in [0.4, 0.5) is 0 Å². The average molecular weight is 253 g/mol. The molecule has 1 aromatic carbocycles. The molecule has 0 unspecified atom stereocenters. The van der Waals surface area contributed by atoms with E-state index in [1.807, 2.05) is 18.2 Å². The third-order valence-electron chi connectivity index (χ3n) is 3.51. The van der Waals surface area contributed by atoms with Crippen LogP contribution < -0.4 is 0 Å². The third-order valence-corrected chi connectivity index (χ3v) is 3.88. The summed E-state index contributed by atoms with van der Waals surface area (Å²) in [6.45, 7) is 0. The molecule has 1 aliphatic carbocycles. The number of benzene rings is 1. The highest BCUT2D eigenvalue weighted by Crippen LogP contribution is 2.30. The summed E-state index contributed by atoms with van der Waals surface area (Å²) in [6, 6.07) is 7.31. The molecule has 1 saturated carbocycles. The van der Waals surface area contributed by atoms with E-state index in [0.717, 1.165) is 24.8 Å². The topological polar surface area (TPSA) is 37.3 Å². The quantitative estimate of drug-likeness (QED) is 0.897. The van der Waals surface area contributed by atoms with E-state index in [1.165, 1.54) is 0 Å². The van der Waals surface area contributed by atoms with Gasteiger partial charge in [-0.1, -0.05) is 49.1 Å². The third kappa shape index (κ3) is 2.88. The first-order valence-electron chi connectivity index (χ1n) is 6.11. The fourth-order valence-corrected chi connectivity index (χ4v) is 2.60. The second kappa shape index (κ2) is 5.19. The zero-order valence-electron chi connectivity index (χ0n) is 9.79. The molecule has 2 nitrogen and oxygen atoms in total. The molecule has 0 spiro atoms. The van der Waals surface area contributed by atoms with Crippen molar-refractivity contribution >= 4 is 17.4 Å². The van der Waals surface area contributed by atoms with Crippen LogP contribution in [0.3, 0.4) is 0 Å². The monoisotopic (exact) mass is 252 g/mol. The lowest BCUT2D eigenvalue weighted by atomic mass is 9.80. The van der Waals surface area contributed by atoms with Crippen molar-refractivity contribution in [3.63, 3.8) is 0 Å². The van der Waals surface area contributed by atoms with E-state index in [4.69, 9.17) is 11.6 Å². The summed E-state index contributed by atoms with van der Waals surface area (Å²) in [4.78, 5) is 12.1. The Bertz CT molecular complexity index is 408. The fraction of sp³-hybridized carbons (Fsp3) is 0.500. The second-order valence-electron chi connectivity index (χ2n) is 4.78. The summed E-state index contributed by atoms with van der Waals surface area (Å²) in [5.41, 5.74) is -0.310. The molecule has 0 heterocycles. The van der Waals surface area contributed by atoms with Gasteiger partial charge in [-0.05, 0) is 24.5 Å². The van der Waals surface area contributed by atoms with Gasteiger partial charge in [0.2, 0.25) is 0 Å². The molecule has 92 valence electrons. The molecule has 1 aliphatic rings. The second-order valence-corrected chi connectivity index (χ2v) is 5.19. The molecular formula is C14H17ClO2. The predicted molar refractivity (Wildman–Crippen MR) is 68.2 cm³/mol. The van der Waals surface area contributed by atoms with Gasteiger partial charge in [0, 0.05) is 11.4 Å². The van der Waals surface area contributed by atoms with E-state index in [2.05, 4.69) is 0 Å². The lowest BCUT2D eigenvalue weighted by Gasteiger charge is -2.30. The van der Waals surface area contributed by atoms with Gasteiger partial charge in [0.15, 0.2) is 5.78 Å². The van der Waals surface area contributed by atoms with E-state index in [9.17, 15) is 9.90 Å². The van der Waals surface area contributed by atoms with E-state index >= 15 is 0 Å². The van der Waals surface area contributed by atoms with Crippen LogP contribution >= 0.6 is 11.6 Å². The van der Waals surface area contributed by atoms with E-state index in [0.29, 0.717) is 17.9 Å². The summed E-state index contributed by atoms with van der Waals surface area (Å²) in [6.07, 6.45) is 4.40. The van der Waals surface area contributed by atoms with Crippen LogP contribution in [0.1, 0.15) is 37.7 Å². The number of hydrogen-bond acceptors (Lipinski definition) is 2. The SMILES string of the molecule is O=C(Cc1ccccc1Cl)C1(O)CCCCC1.